The summed E-state index contributed by atoms with van der Waals surface area (Å²) in [5.74, 6) is 1.01. The maximum Gasteiger partial charge on any atom is 0.234 e. The summed E-state index contributed by atoms with van der Waals surface area (Å²) in [4.78, 5) is 17.0. The van der Waals surface area contributed by atoms with Crippen LogP contribution in [-0.4, -0.2) is 54.5 Å². The largest absolute Gasteiger partial charge is 0.352 e. The van der Waals surface area contributed by atoms with Crippen molar-refractivity contribution in [2.45, 2.75) is 45.2 Å². The number of nitrogens with one attached hydrogen (secondary N) is 1. The highest BCUT2D eigenvalue weighted by atomic mass is 35.5. The van der Waals surface area contributed by atoms with Crippen LogP contribution in [0.5, 0.6) is 0 Å². The Kier molecular flexibility index (Phi) is 6.74. The molecule has 1 amide bonds. The van der Waals surface area contributed by atoms with E-state index < -0.39 is 0 Å². The molecule has 0 bridgehead atoms. The Labute approximate surface area is 156 Å². The van der Waals surface area contributed by atoms with Crippen molar-refractivity contribution in [3.05, 3.63) is 34.9 Å². The third-order valence-corrected chi connectivity index (χ3v) is 5.93. The first-order chi connectivity index (χ1) is 12.1. The van der Waals surface area contributed by atoms with Crippen molar-refractivity contribution in [2.24, 2.45) is 5.92 Å². The van der Waals surface area contributed by atoms with E-state index >= 15 is 0 Å². The van der Waals surface area contributed by atoms with Crippen molar-refractivity contribution in [3.63, 3.8) is 0 Å². The molecule has 138 valence electrons. The Morgan fingerprint density at radius 2 is 1.72 bits per heavy atom. The molecular formula is C20H30ClN3O. The molecule has 1 aromatic rings. The molecule has 1 aliphatic carbocycles. The quantitative estimate of drug-likeness (QED) is 0.872. The monoisotopic (exact) mass is 363 g/mol. The van der Waals surface area contributed by atoms with E-state index in [1.54, 1.807) is 0 Å². The van der Waals surface area contributed by atoms with Gasteiger partial charge in [-0.1, -0.05) is 36.7 Å². The van der Waals surface area contributed by atoms with Crippen LogP contribution >= 0.6 is 11.6 Å². The van der Waals surface area contributed by atoms with Gasteiger partial charge in [-0.2, -0.15) is 0 Å². The Hall–Kier alpha value is -1.10. The standard InChI is InChI=1S/C20H30ClN3O/c1-16-6-8-18(9-7-16)22-20(25)15-24-12-10-23(11-13-24)14-17-4-2-3-5-19(17)21/h2-5,16,18H,6-15H2,1H3,(H,22,25). The van der Waals surface area contributed by atoms with Crippen molar-refractivity contribution >= 4 is 17.5 Å². The first-order valence-corrected chi connectivity index (χ1v) is 9.95. The van der Waals surface area contributed by atoms with Crippen LogP contribution in [-0.2, 0) is 11.3 Å². The molecule has 1 saturated heterocycles. The molecule has 1 aromatic carbocycles. The molecule has 2 aliphatic rings. The summed E-state index contributed by atoms with van der Waals surface area (Å²) < 4.78 is 0. The Morgan fingerprint density at radius 3 is 2.40 bits per heavy atom. The summed E-state index contributed by atoms with van der Waals surface area (Å²) in [5.41, 5.74) is 1.18. The van der Waals surface area contributed by atoms with Gasteiger partial charge >= 0.3 is 0 Å². The second-order valence-corrected chi connectivity index (χ2v) is 8.08. The van der Waals surface area contributed by atoms with Gasteiger partial charge in [0.25, 0.3) is 0 Å². The van der Waals surface area contributed by atoms with Gasteiger partial charge in [0, 0.05) is 43.8 Å². The zero-order valence-corrected chi connectivity index (χ0v) is 16.0. The van der Waals surface area contributed by atoms with Gasteiger partial charge in [-0.15, -0.1) is 0 Å². The smallest absolute Gasteiger partial charge is 0.234 e. The summed E-state index contributed by atoms with van der Waals surface area (Å²) >= 11 is 6.25. The molecule has 0 radical (unpaired) electrons. The first-order valence-electron chi connectivity index (χ1n) is 9.57. The number of amides is 1. The van der Waals surface area contributed by atoms with Crippen molar-refractivity contribution in [1.29, 1.82) is 0 Å². The number of piperazine rings is 1. The SMILES string of the molecule is CC1CCC(NC(=O)CN2CCN(Cc3ccccc3Cl)CC2)CC1. The van der Waals surface area contributed by atoms with E-state index in [4.69, 9.17) is 11.6 Å². The fourth-order valence-electron chi connectivity index (χ4n) is 3.85. The highest BCUT2D eigenvalue weighted by Gasteiger charge is 2.23. The average molecular weight is 364 g/mol. The molecule has 5 heteroatoms. The number of nitrogens with zero attached hydrogens (tertiary/aromatic N) is 2. The number of hydrogen-bond donors (Lipinski definition) is 1. The average Bonchev–Trinajstić information content (AvgIpc) is 2.61. The van der Waals surface area contributed by atoms with Gasteiger partial charge in [0.15, 0.2) is 0 Å². The van der Waals surface area contributed by atoms with Gasteiger partial charge < -0.3 is 5.32 Å². The number of halogens is 1. The molecule has 0 spiro atoms. The van der Waals surface area contributed by atoms with Crippen molar-refractivity contribution in [1.82, 2.24) is 15.1 Å². The minimum Gasteiger partial charge on any atom is -0.352 e. The molecular weight excluding hydrogens is 334 g/mol. The second kappa shape index (κ2) is 9.02. The lowest BCUT2D eigenvalue weighted by molar-refractivity contribution is -0.123. The summed E-state index contributed by atoms with van der Waals surface area (Å²) in [6.45, 7) is 7.59. The normalized spacial score (nSPS) is 25.7. The fraction of sp³-hybridized carbons (Fsp3) is 0.650. The van der Waals surface area contributed by atoms with E-state index in [1.165, 1.54) is 18.4 Å². The van der Waals surface area contributed by atoms with Crippen molar-refractivity contribution in [3.8, 4) is 0 Å². The van der Waals surface area contributed by atoms with Gasteiger partial charge in [0.1, 0.15) is 0 Å². The van der Waals surface area contributed by atoms with Crippen LogP contribution < -0.4 is 5.32 Å². The molecule has 0 aromatic heterocycles. The summed E-state index contributed by atoms with van der Waals surface area (Å²) in [6, 6.07) is 8.44. The molecule has 25 heavy (non-hydrogen) atoms. The lowest BCUT2D eigenvalue weighted by Gasteiger charge is -2.35. The number of hydrogen-bond acceptors (Lipinski definition) is 3. The third kappa shape index (κ3) is 5.70. The third-order valence-electron chi connectivity index (χ3n) is 5.56. The van der Waals surface area contributed by atoms with Crippen molar-refractivity contribution in [2.75, 3.05) is 32.7 Å². The number of carbonyl (C=O) groups excluding carboxylic acids is 1. The molecule has 0 atom stereocenters. The zero-order chi connectivity index (χ0) is 17.6. The zero-order valence-electron chi connectivity index (χ0n) is 15.2. The van der Waals surface area contributed by atoms with Crippen LogP contribution in [0, 0.1) is 5.92 Å². The van der Waals surface area contributed by atoms with Gasteiger partial charge in [-0.3, -0.25) is 14.6 Å². The number of benzene rings is 1. The molecule has 1 aliphatic heterocycles. The molecule has 1 heterocycles. The number of rotatable bonds is 5. The Morgan fingerprint density at radius 1 is 1.08 bits per heavy atom. The van der Waals surface area contributed by atoms with Crippen molar-refractivity contribution < 1.29 is 4.79 Å². The molecule has 0 unspecified atom stereocenters. The van der Waals surface area contributed by atoms with Crippen LogP contribution in [0.1, 0.15) is 38.2 Å². The summed E-state index contributed by atoms with van der Waals surface area (Å²) in [7, 11) is 0. The highest BCUT2D eigenvalue weighted by Crippen LogP contribution is 2.23. The van der Waals surface area contributed by atoms with Gasteiger partial charge in [0.2, 0.25) is 5.91 Å². The fourth-order valence-corrected chi connectivity index (χ4v) is 4.05. The lowest BCUT2D eigenvalue weighted by Crippen LogP contribution is -2.50. The molecule has 3 rings (SSSR count). The van der Waals surface area contributed by atoms with Gasteiger partial charge in [0.05, 0.1) is 6.54 Å². The minimum atomic E-state index is 0.194. The van der Waals surface area contributed by atoms with E-state index in [0.717, 1.165) is 56.5 Å². The Balaban J connectivity index is 1.37. The Bertz CT molecular complexity index is 564. The summed E-state index contributed by atoms with van der Waals surface area (Å²) in [6.07, 6.45) is 4.76. The van der Waals surface area contributed by atoms with Crippen LogP contribution in [0.3, 0.4) is 0 Å². The molecule has 1 N–H and O–H groups in total. The van der Waals surface area contributed by atoms with E-state index in [1.807, 2.05) is 18.2 Å². The van der Waals surface area contributed by atoms with E-state index in [2.05, 4.69) is 28.1 Å². The van der Waals surface area contributed by atoms with E-state index in [-0.39, 0.29) is 5.91 Å². The summed E-state index contributed by atoms with van der Waals surface area (Å²) in [5, 5.41) is 4.07. The lowest BCUT2D eigenvalue weighted by atomic mass is 9.87. The van der Waals surface area contributed by atoms with Crippen LogP contribution in [0.4, 0.5) is 0 Å². The maximum atomic E-state index is 12.3. The van der Waals surface area contributed by atoms with Gasteiger partial charge in [-0.25, -0.2) is 0 Å². The topological polar surface area (TPSA) is 35.6 Å². The minimum absolute atomic E-state index is 0.194. The van der Waals surface area contributed by atoms with Crippen LogP contribution in [0.2, 0.25) is 5.02 Å². The first kappa shape index (κ1) is 18.7. The van der Waals surface area contributed by atoms with Gasteiger partial charge in [-0.05, 0) is 43.2 Å². The molecule has 1 saturated carbocycles. The van der Waals surface area contributed by atoms with Crippen LogP contribution in [0.25, 0.3) is 0 Å². The maximum absolute atomic E-state index is 12.3. The predicted molar refractivity (Wildman–Crippen MR) is 103 cm³/mol. The number of carbonyl (C=O) groups is 1. The van der Waals surface area contributed by atoms with E-state index in [0.29, 0.717) is 12.6 Å². The predicted octanol–water partition coefficient (Wildman–Crippen LogP) is 3.15. The van der Waals surface area contributed by atoms with E-state index in [9.17, 15) is 4.79 Å². The molecule has 2 fully saturated rings. The highest BCUT2D eigenvalue weighted by molar-refractivity contribution is 6.31. The van der Waals surface area contributed by atoms with Crippen LogP contribution in [0.15, 0.2) is 24.3 Å². The second-order valence-electron chi connectivity index (χ2n) is 7.67. The molecule has 4 nitrogen and oxygen atoms in total.